The van der Waals surface area contributed by atoms with Gasteiger partial charge in [-0.05, 0) is 0 Å². The number of nitrogens with zero attached hydrogens (tertiary/aromatic N) is 2. The third-order valence-corrected chi connectivity index (χ3v) is 2.24. The van der Waals surface area contributed by atoms with Gasteiger partial charge in [-0.1, -0.05) is 0 Å². The van der Waals surface area contributed by atoms with Gasteiger partial charge in [-0.3, -0.25) is 0 Å². The van der Waals surface area contributed by atoms with Crippen LogP contribution in [0, 0.1) is 2.59 Å². The zero-order valence-corrected chi connectivity index (χ0v) is 8.70. The first-order valence-corrected chi connectivity index (χ1v) is 4.72. The summed E-state index contributed by atoms with van der Waals surface area (Å²) in [6, 6.07) is 5.96. The topological polar surface area (TPSA) is 17.3 Å². The average Bonchev–Trinajstić information content (AvgIpc) is 2.46. The van der Waals surface area contributed by atoms with E-state index in [0.717, 1.165) is 41.6 Å². The Kier molecular flexibility index (Phi) is 1.91. The summed E-state index contributed by atoms with van der Waals surface area (Å²) in [5.41, 5.74) is 1.95. The van der Waals surface area contributed by atoms with Gasteiger partial charge in [0.25, 0.3) is 0 Å². The minimum atomic E-state index is 0.957. The molecule has 0 spiro atoms. The average molecular weight is 218 g/mol. The Balaban J connectivity index is 2.81. The first-order valence-electron chi connectivity index (χ1n) is 3.30. The van der Waals surface area contributed by atoms with Crippen LogP contribution in [-0.4, -0.2) is 9.38 Å². The van der Waals surface area contributed by atoms with E-state index in [1.54, 1.807) is 0 Å². The van der Waals surface area contributed by atoms with E-state index in [4.69, 9.17) is 0 Å². The SMILES string of the molecule is [Y]#[C]c1cn2ccccc2n1. The first-order chi connectivity index (χ1) is 5.40. The van der Waals surface area contributed by atoms with Gasteiger partial charge in [0.15, 0.2) is 0 Å². The van der Waals surface area contributed by atoms with Gasteiger partial charge >= 0.3 is 84.1 Å². The van der Waals surface area contributed by atoms with Crippen LogP contribution in [0.15, 0.2) is 30.6 Å². The molecule has 0 radical (unpaired) electrons. The summed E-state index contributed by atoms with van der Waals surface area (Å²) in [7, 11) is 0. The van der Waals surface area contributed by atoms with E-state index in [1.807, 2.05) is 35.0 Å². The zero-order valence-electron chi connectivity index (χ0n) is 5.86. The van der Waals surface area contributed by atoms with Crippen molar-refractivity contribution >= 4 is 5.65 Å². The van der Waals surface area contributed by atoms with Gasteiger partial charge in [-0.15, -0.1) is 0 Å². The molecule has 0 atom stereocenters. The van der Waals surface area contributed by atoms with Gasteiger partial charge in [0, 0.05) is 0 Å². The molecule has 0 saturated heterocycles. The van der Waals surface area contributed by atoms with Crippen LogP contribution in [0.5, 0.6) is 0 Å². The summed E-state index contributed by atoms with van der Waals surface area (Å²) in [5, 5.41) is 0. The molecule has 2 rings (SSSR count). The second-order valence-corrected chi connectivity index (χ2v) is 2.95. The second-order valence-electron chi connectivity index (χ2n) is 2.24. The van der Waals surface area contributed by atoms with Gasteiger partial charge in [0.1, 0.15) is 0 Å². The molecule has 2 aromatic rings. The molecular formula is C8H5N2Y. The number of fused-ring (bicyclic) bond motifs is 1. The monoisotopic (exact) mass is 218 g/mol. The Hall–Kier alpha value is -0.426. The fraction of sp³-hybridized carbons (Fsp3) is 0. The van der Waals surface area contributed by atoms with Gasteiger partial charge < -0.3 is 0 Å². The zero-order chi connectivity index (χ0) is 7.68. The van der Waals surface area contributed by atoms with E-state index in [9.17, 15) is 0 Å². The molecular weight excluding hydrogens is 213 g/mol. The van der Waals surface area contributed by atoms with E-state index in [1.165, 1.54) is 0 Å². The predicted octanol–water partition coefficient (Wildman–Crippen LogP) is 1.19. The Labute approximate surface area is 83.7 Å². The van der Waals surface area contributed by atoms with Crippen molar-refractivity contribution in [3.63, 3.8) is 0 Å². The maximum absolute atomic E-state index is 4.32. The Bertz CT molecular complexity index is 392. The number of hydrogen-bond donors (Lipinski definition) is 0. The molecule has 0 aliphatic carbocycles. The molecule has 0 aliphatic heterocycles. The quantitative estimate of drug-likeness (QED) is 0.649. The van der Waals surface area contributed by atoms with E-state index in [-0.39, 0.29) is 0 Å². The molecule has 11 heavy (non-hydrogen) atoms. The van der Waals surface area contributed by atoms with Crippen LogP contribution in [0.1, 0.15) is 5.69 Å². The summed E-state index contributed by atoms with van der Waals surface area (Å²) in [6.45, 7) is 0. The predicted molar refractivity (Wildman–Crippen MR) is 38.2 cm³/mol. The second kappa shape index (κ2) is 2.90. The molecule has 0 aliphatic rings. The molecule has 0 saturated carbocycles. The third-order valence-electron chi connectivity index (χ3n) is 1.51. The van der Waals surface area contributed by atoms with Crippen LogP contribution in [0.2, 0.25) is 0 Å². The normalized spacial score (nSPS) is 10.0. The van der Waals surface area contributed by atoms with Crippen molar-refractivity contribution in [3.05, 3.63) is 36.3 Å². The maximum atomic E-state index is 4.32. The number of pyridine rings is 1. The van der Waals surface area contributed by atoms with E-state index < -0.39 is 0 Å². The molecule has 0 bridgehead atoms. The van der Waals surface area contributed by atoms with Crippen LogP contribution in [0.3, 0.4) is 0 Å². The molecule has 3 heteroatoms. The molecule has 2 heterocycles. The number of rotatable bonds is 0. The first kappa shape index (κ1) is 7.24. The van der Waals surface area contributed by atoms with Crippen molar-refractivity contribution in [2.45, 2.75) is 0 Å². The summed E-state index contributed by atoms with van der Waals surface area (Å²) in [6.07, 6.45) is 3.98. The van der Waals surface area contributed by atoms with E-state index in [2.05, 4.69) is 7.58 Å². The minimum absolute atomic E-state index is 0.957. The Morgan fingerprint density at radius 2 is 2.36 bits per heavy atom. The van der Waals surface area contributed by atoms with E-state index >= 15 is 0 Å². The fourth-order valence-electron chi connectivity index (χ4n) is 1.00. The summed E-state index contributed by atoms with van der Waals surface area (Å²) >= 11 is 0.998. The molecule has 2 aromatic heterocycles. The summed E-state index contributed by atoms with van der Waals surface area (Å²) in [5.74, 6) is 0. The van der Waals surface area contributed by atoms with Gasteiger partial charge in [0.05, 0.1) is 0 Å². The van der Waals surface area contributed by atoms with Crippen molar-refractivity contribution in [1.82, 2.24) is 9.38 Å². The number of aromatic nitrogens is 2. The van der Waals surface area contributed by atoms with Crippen molar-refractivity contribution < 1.29 is 30.2 Å². The van der Waals surface area contributed by atoms with Crippen molar-refractivity contribution in [2.24, 2.45) is 0 Å². The van der Waals surface area contributed by atoms with Crippen LogP contribution >= 0.6 is 0 Å². The number of hydrogen-bond acceptors (Lipinski definition) is 1. The molecule has 0 fully saturated rings. The van der Waals surface area contributed by atoms with Gasteiger partial charge in [-0.25, -0.2) is 0 Å². The molecule has 0 aromatic carbocycles. The summed E-state index contributed by atoms with van der Waals surface area (Å²) < 4.78 is 5.11. The van der Waals surface area contributed by atoms with E-state index in [0.29, 0.717) is 0 Å². The van der Waals surface area contributed by atoms with Crippen molar-refractivity contribution in [2.75, 3.05) is 0 Å². The molecule has 0 amide bonds. The number of imidazole rings is 1. The fourth-order valence-corrected chi connectivity index (χ4v) is 1.35. The van der Waals surface area contributed by atoms with Crippen molar-refractivity contribution in [3.8, 4) is 2.59 Å². The molecule has 0 unspecified atom stereocenters. The third kappa shape index (κ3) is 1.30. The van der Waals surface area contributed by atoms with Gasteiger partial charge in [0.2, 0.25) is 0 Å². The molecule has 2 nitrogen and oxygen atoms in total. The van der Waals surface area contributed by atoms with Crippen LogP contribution < -0.4 is 0 Å². The van der Waals surface area contributed by atoms with Gasteiger partial charge in [-0.2, -0.15) is 0 Å². The van der Waals surface area contributed by atoms with Crippen molar-refractivity contribution in [1.29, 1.82) is 0 Å². The standard InChI is InChI=1S/C8H5N2.Y/c1-7-6-10-5-3-2-4-8(10)9-7;/h2-6H;. The Morgan fingerprint density at radius 1 is 1.45 bits per heavy atom. The molecule has 50 valence electrons. The van der Waals surface area contributed by atoms with Crippen LogP contribution in [0.4, 0.5) is 0 Å². The Morgan fingerprint density at radius 3 is 3.09 bits per heavy atom. The van der Waals surface area contributed by atoms with Crippen LogP contribution in [0.25, 0.3) is 5.65 Å². The summed E-state index contributed by atoms with van der Waals surface area (Å²) in [4.78, 5) is 4.32. The van der Waals surface area contributed by atoms with Crippen LogP contribution in [-0.2, 0) is 30.2 Å². The molecule has 0 N–H and O–H groups in total.